The molecule has 200 valence electrons. The van der Waals surface area contributed by atoms with E-state index >= 15 is 0 Å². The van der Waals surface area contributed by atoms with Crippen molar-refractivity contribution in [3.8, 4) is 11.3 Å². The van der Waals surface area contributed by atoms with E-state index in [1.54, 1.807) is 6.20 Å². The zero-order valence-corrected chi connectivity index (χ0v) is 24.2. The van der Waals surface area contributed by atoms with Crippen molar-refractivity contribution in [3.63, 3.8) is 0 Å². The number of likely N-dealkylation sites (tertiary alicyclic amines) is 1. The maximum Gasteiger partial charge on any atom is 0.223 e. The summed E-state index contributed by atoms with van der Waals surface area (Å²) in [4.78, 5) is 19.6. The van der Waals surface area contributed by atoms with Gasteiger partial charge in [0.15, 0.2) is 0 Å². The zero-order valence-electron chi connectivity index (χ0n) is 24.2. The first kappa shape index (κ1) is 27.2. The molecule has 3 aromatic rings. The number of carbonyl (C=O) groups is 1. The van der Waals surface area contributed by atoms with Crippen molar-refractivity contribution >= 4 is 23.1 Å². The molecule has 0 aliphatic carbocycles. The van der Waals surface area contributed by atoms with Crippen molar-refractivity contribution in [1.82, 2.24) is 24.2 Å². The first-order chi connectivity index (χ1) is 17.2. The van der Waals surface area contributed by atoms with Crippen LogP contribution in [0, 0.1) is 17.8 Å². The number of rotatable bonds is 3. The van der Waals surface area contributed by atoms with Crippen molar-refractivity contribution in [1.29, 1.82) is 0 Å². The van der Waals surface area contributed by atoms with Gasteiger partial charge >= 0.3 is 0 Å². The van der Waals surface area contributed by atoms with Gasteiger partial charge in [0.1, 0.15) is 5.65 Å². The summed E-state index contributed by atoms with van der Waals surface area (Å²) in [5.74, 6) is 0.277. The highest BCUT2D eigenvalue weighted by atomic mass is 16.2. The van der Waals surface area contributed by atoms with Crippen molar-refractivity contribution in [3.05, 3.63) is 42.4 Å². The van der Waals surface area contributed by atoms with E-state index in [4.69, 9.17) is 5.10 Å². The number of carbonyl (C=O) groups excluding carboxylic acids is 1. The number of nitrogens with zero attached hydrogens (tertiary/aromatic N) is 5. The fourth-order valence-corrected chi connectivity index (χ4v) is 5.24. The second-order valence-corrected chi connectivity index (χ2v) is 13.4. The van der Waals surface area contributed by atoms with Crippen molar-refractivity contribution in [2.75, 3.05) is 13.1 Å². The smallest absolute Gasteiger partial charge is 0.223 e. The quantitative estimate of drug-likeness (QED) is 0.384. The van der Waals surface area contributed by atoms with Gasteiger partial charge in [-0.05, 0) is 48.3 Å². The third-order valence-electron chi connectivity index (χ3n) is 7.94. The molecule has 1 unspecified atom stereocenters. The topological polar surface area (TPSA) is 56.0 Å². The van der Waals surface area contributed by atoms with Gasteiger partial charge in [-0.1, -0.05) is 61.5 Å². The van der Waals surface area contributed by atoms with E-state index in [0.29, 0.717) is 11.8 Å². The molecule has 6 nitrogen and oxygen atoms in total. The molecule has 1 spiro atoms. The molecule has 3 aromatic heterocycles. The summed E-state index contributed by atoms with van der Waals surface area (Å²) in [5, 5.41) is 6.04. The number of hydrogen-bond donors (Lipinski definition) is 0. The van der Waals surface area contributed by atoms with Gasteiger partial charge in [-0.2, -0.15) is 5.10 Å². The molecule has 5 heterocycles. The summed E-state index contributed by atoms with van der Waals surface area (Å²) in [7, 11) is 0. The predicted molar refractivity (Wildman–Crippen MR) is 153 cm³/mol. The summed E-state index contributed by atoms with van der Waals surface area (Å²) >= 11 is 0. The van der Waals surface area contributed by atoms with Crippen LogP contribution in [0.1, 0.15) is 85.4 Å². The molecular weight excluding hydrogens is 458 g/mol. The molecule has 0 N–H and O–H groups in total. The van der Waals surface area contributed by atoms with E-state index in [2.05, 4.69) is 94.9 Å². The third kappa shape index (κ3) is 5.68. The van der Waals surface area contributed by atoms with E-state index in [-0.39, 0.29) is 16.7 Å². The van der Waals surface area contributed by atoms with Crippen LogP contribution in [0.25, 0.3) is 28.5 Å². The highest BCUT2D eigenvalue weighted by Crippen LogP contribution is 2.44. The molecule has 1 fully saturated rings. The Bertz CT molecular complexity index is 1300. The van der Waals surface area contributed by atoms with Crippen molar-refractivity contribution in [2.24, 2.45) is 10.8 Å². The lowest BCUT2D eigenvalue weighted by Gasteiger charge is -2.26. The Kier molecular flexibility index (Phi) is 7.17. The van der Waals surface area contributed by atoms with Gasteiger partial charge in [0, 0.05) is 66.7 Å². The molecule has 5 rings (SSSR count). The van der Waals surface area contributed by atoms with Gasteiger partial charge in [0.05, 0.1) is 5.69 Å². The zero-order chi connectivity index (χ0) is 27.2. The van der Waals surface area contributed by atoms with Crippen LogP contribution in [0.2, 0.25) is 0 Å². The average Bonchev–Trinajstić information content (AvgIpc) is 3.57. The standard InChI is InChI=1S/C25H31N5O.C6H14/c1-6-28-15-17(2)19-11-18(14-26-23(19)28)20-12-21-25(8-10-30(21)27-20)7-9-29(16-25)22(31)13-24(3,4)5;1-5-6(2,3)4/h6,11-12,14-15H,1,7-10,13,16H2,2-5H3;5H2,1-4H3. The summed E-state index contributed by atoms with van der Waals surface area (Å²) in [6.45, 7) is 23.9. The fourth-order valence-electron chi connectivity index (χ4n) is 5.24. The predicted octanol–water partition coefficient (Wildman–Crippen LogP) is 7.06. The molecule has 1 amide bonds. The Hall–Kier alpha value is -2.89. The van der Waals surface area contributed by atoms with Crippen LogP contribution >= 0.6 is 0 Å². The Morgan fingerprint density at radius 1 is 1.11 bits per heavy atom. The van der Waals surface area contributed by atoms with E-state index in [9.17, 15) is 4.79 Å². The molecule has 0 saturated carbocycles. The van der Waals surface area contributed by atoms with Gasteiger partial charge in [0.25, 0.3) is 0 Å². The molecule has 0 bridgehead atoms. The monoisotopic (exact) mass is 503 g/mol. The summed E-state index contributed by atoms with van der Waals surface area (Å²) in [5.41, 5.74) is 5.97. The minimum atomic E-state index is 0.0196. The minimum Gasteiger partial charge on any atom is -0.342 e. The van der Waals surface area contributed by atoms with Crippen LogP contribution in [0.5, 0.6) is 0 Å². The Morgan fingerprint density at radius 2 is 1.78 bits per heavy atom. The Morgan fingerprint density at radius 3 is 2.41 bits per heavy atom. The highest BCUT2D eigenvalue weighted by molar-refractivity contribution is 5.86. The summed E-state index contributed by atoms with van der Waals surface area (Å²) < 4.78 is 4.11. The van der Waals surface area contributed by atoms with Gasteiger partial charge in [-0.15, -0.1) is 0 Å². The summed E-state index contributed by atoms with van der Waals surface area (Å²) in [6, 6.07) is 4.41. The molecule has 37 heavy (non-hydrogen) atoms. The number of aryl methyl sites for hydroxylation is 2. The van der Waals surface area contributed by atoms with Gasteiger partial charge in [-0.25, -0.2) is 4.98 Å². The second-order valence-electron chi connectivity index (χ2n) is 13.4. The lowest BCUT2D eigenvalue weighted by Crippen LogP contribution is -2.35. The Balaban J connectivity index is 0.000000480. The fraction of sp³-hybridized carbons (Fsp3) is 0.581. The largest absolute Gasteiger partial charge is 0.342 e. The number of hydrogen-bond acceptors (Lipinski definition) is 3. The van der Waals surface area contributed by atoms with Crippen LogP contribution in [0.15, 0.2) is 31.1 Å². The van der Waals surface area contributed by atoms with E-state index in [0.717, 1.165) is 54.8 Å². The third-order valence-corrected chi connectivity index (χ3v) is 7.94. The highest BCUT2D eigenvalue weighted by Gasteiger charge is 2.47. The lowest BCUT2D eigenvalue weighted by atomic mass is 9.82. The molecule has 0 aromatic carbocycles. The number of pyridine rings is 1. The molecule has 1 atom stereocenters. The van der Waals surface area contributed by atoms with Crippen LogP contribution < -0.4 is 0 Å². The molecule has 0 radical (unpaired) electrons. The van der Waals surface area contributed by atoms with Gasteiger partial charge in [0.2, 0.25) is 5.91 Å². The van der Waals surface area contributed by atoms with Gasteiger partial charge < -0.3 is 9.47 Å². The molecule has 6 heteroatoms. The molecule has 1 saturated heterocycles. The maximum atomic E-state index is 12.8. The average molecular weight is 504 g/mol. The summed E-state index contributed by atoms with van der Waals surface area (Å²) in [6.07, 6.45) is 9.69. The van der Waals surface area contributed by atoms with Crippen LogP contribution in [0.4, 0.5) is 0 Å². The Labute approximate surface area is 222 Å². The molecular formula is C31H45N5O. The second kappa shape index (κ2) is 9.77. The number of fused-ring (bicyclic) bond motifs is 3. The molecule has 2 aliphatic rings. The van der Waals surface area contributed by atoms with E-state index in [1.807, 2.05) is 10.8 Å². The molecule has 2 aliphatic heterocycles. The van der Waals surface area contributed by atoms with Crippen LogP contribution in [-0.4, -0.2) is 43.2 Å². The van der Waals surface area contributed by atoms with Crippen LogP contribution in [0.3, 0.4) is 0 Å². The maximum absolute atomic E-state index is 12.8. The van der Waals surface area contributed by atoms with Gasteiger partial charge in [-0.3, -0.25) is 9.48 Å². The SMILES string of the molecule is C=Cn1cc(C)c2cc(-c3cc4n(n3)CCC43CCN(C(=O)CC(C)(C)C)C3)cnc21.CCC(C)(C)C. The van der Waals surface area contributed by atoms with E-state index < -0.39 is 0 Å². The number of aromatic nitrogens is 4. The first-order valence-electron chi connectivity index (χ1n) is 13.7. The lowest BCUT2D eigenvalue weighted by molar-refractivity contribution is -0.132. The number of amides is 1. The van der Waals surface area contributed by atoms with E-state index in [1.165, 1.54) is 17.7 Å². The van der Waals surface area contributed by atoms with Crippen molar-refractivity contribution in [2.45, 2.75) is 93.0 Å². The van der Waals surface area contributed by atoms with Crippen LogP contribution in [-0.2, 0) is 16.8 Å². The van der Waals surface area contributed by atoms with Crippen molar-refractivity contribution < 1.29 is 4.79 Å². The first-order valence-corrected chi connectivity index (χ1v) is 13.7. The minimum absolute atomic E-state index is 0.0196. The normalized spacial score (nSPS) is 19.3.